The molecule has 0 aliphatic rings. The van der Waals surface area contributed by atoms with Crippen LogP contribution in [0.2, 0.25) is 0 Å². The number of fused-ring (bicyclic) bond motifs is 8. The summed E-state index contributed by atoms with van der Waals surface area (Å²) in [5.41, 5.74) is 8.23. The van der Waals surface area contributed by atoms with E-state index >= 15 is 0 Å². The van der Waals surface area contributed by atoms with Crippen molar-refractivity contribution < 1.29 is 0 Å². The van der Waals surface area contributed by atoms with Crippen molar-refractivity contribution in [2.75, 3.05) is 4.90 Å². The van der Waals surface area contributed by atoms with Gasteiger partial charge in [-0.25, -0.2) is 0 Å². The fourth-order valence-corrected chi connectivity index (χ4v) is 8.68. The van der Waals surface area contributed by atoms with Gasteiger partial charge in [0.1, 0.15) is 0 Å². The monoisotopic (exact) mass is 653 g/mol. The van der Waals surface area contributed by atoms with Gasteiger partial charge < -0.3 is 4.90 Å². The third kappa shape index (κ3) is 4.84. The third-order valence-corrected chi connectivity index (χ3v) is 11.2. The van der Waals surface area contributed by atoms with Gasteiger partial charge in [0, 0.05) is 37.2 Å². The summed E-state index contributed by atoms with van der Waals surface area (Å²) < 4.78 is 2.69. The van der Waals surface area contributed by atoms with E-state index in [2.05, 4.69) is 193 Å². The van der Waals surface area contributed by atoms with Crippen LogP contribution in [0, 0.1) is 0 Å². The number of hydrogen-bond acceptors (Lipinski definition) is 2. The smallest absolute Gasteiger partial charge is 0.0462 e. The number of anilines is 3. The highest BCUT2D eigenvalue weighted by Gasteiger charge is 2.14. The first-order chi connectivity index (χ1) is 24.8. The summed E-state index contributed by atoms with van der Waals surface area (Å²) >= 11 is 1.89. The molecule has 0 fully saturated rings. The Hall–Kier alpha value is -6.22. The van der Waals surface area contributed by atoms with Crippen LogP contribution >= 0.6 is 11.3 Å². The van der Waals surface area contributed by atoms with E-state index in [0.29, 0.717) is 0 Å². The lowest BCUT2D eigenvalue weighted by atomic mass is 9.93. The topological polar surface area (TPSA) is 3.24 Å². The van der Waals surface area contributed by atoms with Crippen molar-refractivity contribution >= 4 is 80.9 Å². The first-order valence-corrected chi connectivity index (χ1v) is 17.9. The summed E-state index contributed by atoms with van der Waals surface area (Å²) in [6, 6.07) is 68.6. The van der Waals surface area contributed by atoms with Crippen molar-refractivity contribution in [3.8, 4) is 22.3 Å². The molecule has 0 bridgehead atoms. The Labute approximate surface area is 294 Å². The average Bonchev–Trinajstić information content (AvgIpc) is 3.55. The van der Waals surface area contributed by atoms with E-state index in [1.165, 1.54) is 74.7 Å². The number of thiophene rings is 1. The molecular formula is C48H31NS. The van der Waals surface area contributed by atoms with Gasteiger partial charge in [0.2, 0.25) is 0 Å². The van der Waals surface area contributed by atoms with Crippen molar-refractivity contribution in [2.45, 2.75) is 0 Å². The van der Waals surface area contributed by atoms with E-state index in [-0.39, 0.29) is 0 Å². The molecule has 0 radical (unpaired) electrons. The third-order valence-electron chi connectivity index (χ3n) is 10.0. The van der Waals surface area contributed by atoms with Gasteiger partial charge in [-0.05, 0) is 115 Å². The normalized spacial score (nSPS) is 11.6. The summed E-state index contributed by atoms with van der Waals surface area (Å²) in [7, 11) is 0. The molecule has 0 aliphatic carbocycles. The van der Waals surface area contributed by atoms with E-state index in [1.807, 2.05) is 11.3 Å². The van der Waals surface area contributed by atoms with Gasteiger partial charge in [-0.1, -0.05) is 127 Å². The molecule has 1 heterocycles. The predicted molar refractivity (Wildman–Crippen MR) is 217 cm³/mol. The van der Waals surface area contributed by atoms with E-state index in [0.717, 1.165) is 17.1 Å². The maximum atomic E-state index is 2.41. The Morgan fingerprint density at radius 3 is 1.56 bits per heavy atom. The van der Waals surface area contributed by atoms with E-state index in [4.69, 9.17) is 0 Å². The average molecular weight is 654 g/mol. The van der Waals surface area contributed by atoms with Crippen molar-refractivity contribution in [2.24, 2.45) is 0 Å². The molecule has 9 aromatic carbocycles. The molecule has 0 saturated heterocycles. The van der Waals surface area contributed by atoms with Gasteiger partial charge >= 0.3 is 0 Å². The zero-order valence-electron chi connectivity index (χ0n) is 27.3. The molecule has 1 aromatic heterocycles. The maximum absolute atomic E-state index is 2.41. The summed E-state index contributed by atoms with van der Waals surface area (Å²) in [5, 5.41) is 10.5. The first-order valence-electron chi connectivity index (χ1n) is 17.1. The summed E-state index contributed by atoms with van der Waals surface area (Å²) in [4.78, 5) is 2.32. The number of para-hydroxylation sites is 1. The zero-order chi connectivity index (χ0) is 33.0. The van der Waals surface area contributed by atoms with Crippen LogP contribution in [0.25, 0.3) is 74.7 Å². The van der Waals surface area contributed by atoms with Crippen LogP contribution in [-0.2, 0) is 0 Å². The van der Waals surface area contributed by atoms with Crippen LogP contribution in [0.4, 0.5) is 17.1 Å². The quantitative estimate of drug-likeness (QED) is 0.167. The fourth-order valence-electron chi connectivity index (χ4n) is 7.55. The molecule has 0 unspecified atom stereocenters. The van der Waals surface area contributed by atoms with E-state index in [9.17, 15) is 0 Å². The minimum absolute atomic E-state index is 1.12. The number of rotatable bonds is 5. The Bertz CT molecular complexity index is 2830. The molecule has 0 amide bonds. The molecule has 10 rings (SSSR count). The van der Waals surface area contributed by atoms with E-state index in [1.54, 1.807) is 0 Å². The zero-order valence-corrected chi connectivity index (χ0v) is 28.1. The Kier molecular flexibility index (Phi) is 6.75. The lowest BCUT2D eigenvalue weighted by Crippen LogP contribution is -2.09. The van der Waals surface area contributed by atoms with Crippen molar-refractivity contribution in [1.29, 1.82) is 0 Å². The molecule has 0 spiro atoms. The molecule has 50 heavy (non-hydrogen) atoms. The predicted octanol–water partition coefficient (Wildman–Crippen LogP) is 14.3. The Balaban J connectivity index is 1.03. The van der Waals surface area contributed by atoms with Gasteiger partial charge in [0.05, 0.1) is 0 Å². The molecular weight excluding hydrogens is 623 g/mol. The number of nitrogens with zero attached hydrogens (tertiary/aromatic N) is 1. The minimum atomic E-state index is 1.12. The highest BCUT2D eigenvalue weighted by Crippen LogP contribution is 2.41. The largest absolute Gasteiger partial charge is 0.311 e. The van der Waals surface area contributed by atoms with Gasteiger partial charge in [0.15, 0.2) is 0 Å². The second kappa shape index (κ2) is 11.7. The Morgan fingerprint density at radius 2 is 0.840 bits per heavy atom. The van der Waals surface area contributed by atoms with Crippen molar-refractivity contribution in [3.05, 3.63) is 188 Å². The molecule has 0 atom stereocenters. The summed E-state index contributed by atoms with van der Waals surface area (Å²) in [6.07, 6.45) is 0. The number of hydrogen-bond donors (Lipinski definition) is 0. The SMILES string of the molecule is c1ccc(-c2ccc(N(c3ccccc3)c3ccc(-c4ccc5c(ccc6ccc7cc8c(cc7c65)sc5ccccc58)c4)cc3)cc2)cc1. The minimum Gasteiger partial charge on any atom is -0.311 e. The second-order valence-corrected chi connectivity index (χ2v) is 14.0. The van der Waals surface area contributed by atoms with E-state index < -0.39 is 0 Å². The van der Waals surface area contributed by atoms with Crippen LogP contribution < -0.4 is 4.90 Å². The highest BCUT2D eigenvalue weighted by atomic mass is 32.1. The lowest BCUT2D eigenvalue weighted by molar-refractivity contribution is 1.28. The van der Waals surface area contributed by atoms with Crippen molar-refractivity contribution in [3.63, 3.8) is 0 Å². The fraction of sp³-hybridized carbons (Fsp3) is 0. The van der Waals surface area contributed by atoms with Crippen LogP contribution in [0.5, 0.6) is 0 Å². The molecule has 1 nitrogen and oxygen atoms in total. The molecule has 234 valence electrons. The summed E-state index contributed by atoms with van der Waals surface area (Å²) in [5.74, 6) is 0. The first kappa shape index (κ1) is 28.8. The highest BCUT2D eigenvalue weighted by molar-refractivity contribution is 7.25. The van der Waals surface area contributed by atoms with Crippen LogP contribution in [0.1, 0.15) is 0 Å². The molecule has 2 heteroatoms. The van der Waals surface area contributed by atoms with Gasteiger partial charge in [0.25, 0.3) is 0 Å². The van der Waals surface area contributed by atoms with Gasteiger partial charge in [-0.2, -0.15) is 0 Å². The second-order valence-electron chi connectivity index (χ2n) is 13.0. The molecule has 0 saturated carbocycles. The molecule has 0 N–H and O–H groups in total. The Morgan fingerprint density at radius 1 is 0.300 bits per heavy atom. The lowest BCUT2D eigenvalue weighted by Gasteiger charge is -2.26. The molecule has 10 aromatic rings. The number of benzene rings is 9. The van der Waals surface area contributed by atoms with Crippen molar-refractivity contribution in [1.82, 2.24) is 0 Å². The summed E-state index contributed by atoms with van der Waals surface area (Å²) in [6.45, 7) is 0. The maximum Gasteiger partial charge on any atom is 0.0462 e. The molecule has 0 aliphatic heterocycles. The van der Waals surface area contributed by atoms with Gasteiger partial charge in [-0.3, -0.25) is 0 Å². The van der Waals surface area contributed by atoms with Crippen LogP contribution in [0.3, 0.4) is 0 Å². The van der Waals surface area contributed by atoms with Crippen LogP contribution in [-0.4, -0.2) is 0 Å². The van der Waals surface area contributed by atoms with Crippen LogP contribution in [0.15, 0.2) is 188 Å². The van der Waals surface area contributed by atoms with Gasteiger partial charge in [-0.15, -0.1) is 11.3 Å². The standard InChI is InChI=1S/C48H31NS/c1-3-9-32(10-4-1)33-19-24-40(25-20-33)49(39-11-5-2-6-12-39)41-26-21-34(22-27-41)36-23-28-42-37(29-36)17-15-35-16-18-38-30-45-43-13-7-8-14-46(43)50-47(45)31-44(38)48(35)42/h1-31H.